The summed E-state index contributed by atoms with van der Waals surface area (Å²) < 4.78 is 0. The number of carbonyl (C=O) groups excluding carboxylic acids is 2. The van der Waals surface area contributed by atoms with Gasteiger partial charge in [0, 0.05) is 13.1 Å². The summed E-state index contributed by atoms with van der Waals surface area (Å²) in [4.78, 5) is 27.9. The second-order valence-corrected chi connectivity index (χ2v) is 7.74. The van der Waals surface area contributed by atoms with Crippen molar-refractivity contribution in [3.8, 4) is 0 Å². The van der Waals surface area contributed by atoms with Gasteiger partial charge in [-0.1, -0.05) is 79.9 Å². The number of nitrogens with zero attached hydrogens (tertiary/aromatic N) is 1. The number of rotatable bonds is 10. The van der Waals surface area contributed by atoms with Crippen molar-refractivity contribution in [2.24, 2.45) is 0 Å². The van der Waals surface area contributed by atoms with E-state index in [1.54, 1.807) is 4.90 Å². The summed E-state index contributed by atoms with van der Waals surface area (Å²) in [6.45, 7) is 9.22. The highest BCUT2D eigenvalue weighted by Crippen LogP contribution is 2.16. The minimum Gasteiger partial charge on any atom is -0.354 e. The molecule has 2 aromatic carbocycles. The lowest BCUT2D eigenvalue weighted by molar-refractivity contribution is -0.140. The molecule has 0 bridgehead atoms. The van der Waals surface area contributed by atoms with E-state index in [1.165, 1.54) is 5.56 Å². The van der Waals surface area contributed by atoms with E-state index in [4.69, 9.17) is 0 Å². The molecule has 0 fully saturated rings. The van der Waals surface area contributed by atoms with Gasteiger partial charge in [-0.3, -0.25) is 9.59 Å². The molecule has 1 N–H and O–H groups in total. The third-order valence-electron chi connectivity index (χ3n) is 5.13. The van der Waals surface area contributed by atoms with E-state index < -0.39 is 6.04 Å². The van der Waals surface area contributed by atoms with E-state index in [9.17, 15) is 9.59 Å². The topological polar surface area (TPSA) is 49.4 Å². The van der Waals surface area contributed by atoms with E-state index in [2.05, 4.69) is 18.3 Å². The zero-order valence-electron chi connectivity index (χ0n) is 18.2. The molecule has 0 aliphatic heterocycles. The Bertz CT molecular complexity index is 799. The normalized spacial score (nSPS) is 11.7. The van der Waals surface area contributed by atoms with Crippen molar-refractivity contribution in [3.63, 3.8) is 0 Å². The summed E-state index contributed by atoms with van der Waals surface area (Å²) >= 11 is 0. The highest BCUT2D eigenvalue weighted by molar-refractivity contribution is 5.88. The fourth-order valence-corrected chi connectivity index (χ4v) is 3.41. The third-order valence-corrected chi connectivity index (χ3v) is 5.13. The Morgan fingerprint density at radius 1 is 0.966 bits per heavy atom. The van der Waals surface area contributed by atoms with Crippen molar-refractivity contribution < 1.29 is 9.59 Å². The average molecular weight is 395 g/mol. The monoisotopic (exact) mass is 394 g/mol. The third kappa shape index (κ3) is 7.04. The molecule has 0 saturated heterocycles. The molecule has 4 nitrogen and oxygen atoms in total. The van der Waals surface area contributed by atoms with Crippen molar-refractivity contribution in [2.45, 2.75) is 66.0 Å². The zero-order valence-corrected chi connectivity index (χ0v) is 18.2. The smallest absolute Gasteiger partial charge is 0.242 e. The van der Waals surface area contributed by atoms with E-state index in [0.717, 1.165) is 29.5 Å². The van der Waals surface area contributed by atoms with Crippen LogP contribution in [0.25, 0.3) is 0 Å². The lowest BCUT2D eigenvalue weighted by atomic mass is 10.0. The summed E-state index contributed by atoms with van der Waals surface area (Å²) in [5.41, 5.74) is 4.33. The van der Waals surface area contributed by atoms with Gasteiger partial charge in [-0.15, -0.1) is 0 Å². The molecule has 156 valence electrons. The van der Waals surface area contributed by atoms with Crippen molar-refractivity contribution in [2.75, 3.05) is 6.54 Å². The second-order valence-electron chi connectivity index (χ2n) is 7.74. The quantitative estimate of drug-likeness (QED) is 0.600. The van der Waals surface area contributed by atoms with Crippen LogP contribution in [0.4, 0.5) is 0 Å². The Hall–Kier alpha value is -2.62. The molecule has 29 heavy (non-hydrogen) atoms. The molecule has 1 atom stereocenters. The number of benzene rings is 2. The SMILES string of the molecule is CCCCNC(=O)[C@H](CC)N(Cc1cccc(C)c1)C(=O)Cc1ccc(C)cc1. The summed E-state index contributed by atoms with van der Waals surface area (Å²) in [6, 6.07) is 15.7. The minimum absolute atomic E-state index is 0.0205. The minimum atomic E-state index is -0.467. The fourth-order valence-electron chi connectivity index (χ4n) is 3.41. The summed E-state index contributed by atoms with van der Waals surface area (Å²) in [6.07, 6.45) is 2.85. The van der Waals surface area contributed by atoms with Crippen molar-refractivity contribution in [1.29, 1.82) is 0 Å². The van der Waals surface area contributed by atoms with Crippen LogP contribution >= 0.6 is 0 Å². The molecule has 0 saturated carbocycles. The molecule has 0 aliphatic rings. The van der Waals surface area contributed by atoms with Gasteiger partial charge in [-0.25, -0.2) is 0 Å². The summed E-state index contributed by atoms with van der Waals surface area (Å²) in [5, 5.41) is 3.01. The number of hydrogen-bond donors (Lipinski definition) is 1. The van der Waals surface area contributed by atoms with Crippen LogP contribution in [0.2, 0.25) is 0 Å². The molecule has 4 heteroatoms. The first-order chi connectivity index (χ1) is 13.9. The number of hydrogen-bond acceptors (Lipinski definition) is 2. The molecule has 0 aromatic heterocycles. The van der Waals surface area contributed by atoms with E-state index in [1.807, 2.05) is 63.2 Å². The van der Waals surface area contributed by atoms with Crippen molar-refractivity contribution in [3.05, 3.63) is 70.8 Å². The lowest BCUT2D eigenvalue weighted by Gasteiger charge is -2.31. The van der Waals surface area contributed by atoms with Crippen LogP contribution in [0.3, 0.4) is 0 Å². The van der Waals surface area contributed by atoms with Crippen LogP contribution in [-0.2, 0) is 22.6 Å². The van der Waals surface area contributed by atoms with Crippen LogP contribution < -0.4 is 5.32 Å². The molecule has 2 amide bonds. The van der Waals surface area contributed by atoms with Crippen LogP contribution in [0, 0.1) is 13.8 Å². The Balaban J connectivity index is 2.23. The molecular weight excluding hydrogens is 360 g/mol. The van der Waals surface area contributed by atoms with E-state index in [-0.39, 0.29) is 11.8 Å². The van der Waals surface area contributed by atoms with Gasteiger partial charge >= 0.3 is 0 Å². The van der Waals surface area contributed by atoms with Gasteiger partial charge < -0.3 is 10.2 Å². The predicted molar refractivity (Wildman–Crippen MR) is 119 cm³/mol. The molecule has 0 unspecified atom stereocenters. The molecule has 0 aliphatic carbocycles. The number of carbonyl (C=O) groups is 2. The maximum absolute atomic E-state index is 13.3. The summed E-state index contributed by atoms with van der Waals surface area (Å²) in [7, 11) is 0. The Morgan fingerprint density at radius 2 is 1.69 bits per heavy atom. The molecular formula is C25H34N2O2. The first-order valence-corrected chi connectivity index (χ1v) is 10.6. The fraction of sp³-hybridized carbons (Fsp3) is 0.440. The Labute approximate surface area is 175 Å². The number of aryl methyl sites for hydroxylation is 2. The molecule has 2 rings (SSSR count). The number of nitrogens with one attached hydrogen (secondary N) is 1. The first-order valence-electron chi connectivity index (χ1n) is 10.6. The van der Waals surface area contributed by atoms with Gasteiger partial charge in [0.15, 0.2) is 0 Å². The number of unbranched alkanes of at least 4 members (excludes halogenated alkanes) is 1. The lowest BCUT2D eigenvalue weighted by Crippen LogP contribution is -2.49. The van der Waals surface area contributed by atoms with Crippen LogP contribution in [0.5, 0.6) is 0 Å². The summed E-state index contributed by atoms with van der Waals surface area (Å²) in [5.74, 6) is -0.0845. The van der Waals surface area contributed by atoms with Crippen molar-refractivity contribution in [1.82, 2.24) is 10.2 Å². The average Bonchev–Trinajstić information content (AvgIpc) is 2.70. The predicted octanol–water partition coefficient (Wildman–Crippen LogP) is 4.57. The van der Waals surface area contributed by atoms with Gasteiger partial charge in [-0.2, -0.15) is 0 Å². The molecule has 2 aromatic rings. The highest BCUT2D eigenvalue weighted by Gasteiger charge is 2.28. The van der Waals surface area contributed by atoms with Crippen molar-refractivity contribution >= 4 is 11.8 Å². The maximum atomic E-state index is 13.3. The Kier molecular flexibility index (Phi) is 8.91. The van der Waals surface area contributed by atoms with E-state index in [0.29, 0.717) is 25.9 Å². The van der Waals surface area contributed by atoms with E-state index >= 15 is 0 Å². The largest absolute Gasteiger partial charge is 0.354 e. The Morgan fingerprint density at radius 3 is 2.31 bits per heavy atom. The van der Waals surface area contributed by atoms with Crippen LogP contribution in [0.15, 0.2) is 48.5 Å². The standard InChI is InChI=1S/C25H34N2O2/c1-5-7-15-26-25(29)23(6-2)27(18-22-10-8-9-20(4)16-22)24(28)17-21-13-11-19(3)12-14-21/h8-14,16,23H,5-7,15,17-18H2,1-4H3,(H,26,29)/t23-/m0/s1. The highest BCUT2D eigenvalue weighted by atomic mass is 16.2. The maximum Gasteiger partial charge on any atom is 0.242 e. The molecule has 0 heterocycles. The van der Waals surface area contributed by atoms with Gasteiger partial charge in [-0.05, 0) is 37.8 Å². The van der Waals surface area contributed by atoms with Crippen LogP contribution in [-0.4, -0.2) is 29.3 Å². The van der Waals surface area contributed by atoms with Gasteiger partial charge in [0.2, 0.25) is 11.8 Å². The zero-order chi connectivity index (χ0) is 21.2. The van der Waals surface area contributed by atoms with Gasteiger partial charge in [0.1, 0.15) is 6.04 Å². The molecule has 0 spiro atoms. The second kappa shape index (κ2) is 11.4. The van der Waals surface area contributed by atoms with Crippen LogP contribution in [0.1, 0.15) is 55.4 Å². The van der Waals surface area contributed by atoms with Gasteiger partial charge in [0.05, 0.1) is 6.42 Å². The number of amides is 2. The van der Waals surface area contributed by atoms with Gasteiger partial charge in [0.25, 0.3) is 0 Å². The first kappa shape index (κ1) is 22.7. The molecule has 0 radical (unpaired) electrons.